The van der Waals surface area contributed by atoms with Gasteiger partial charge < -0.3 is 5.11 Å². The van der Waals surface area contributed by atoms with Crippen molar-refractivity contribution in [2.24, 2.45) is 0 Å². The van der Waals surface area contributed by atoms with Crippen molar-refractivity contribution in [3.63, 3.8) is 0 Å². The van der Waals surface area contributed by atoms with Crippen molar-refractivity contribution in [2.45, 2.75) is 19.4 Å². The van der Waals surface area contributed by atoms with E-state index in [1.165, 1.54) is 0 Å². The van der Waals surface area contributed by atoms with E-state index in [4.69, 9.17) is 5.11 Å². The Balaban J connectivity index is 2.70. The lowest BCUT2D eigenvalue weighted by Crippen LogP contribution is -2.17. The zero-order valence-electron chi connectivity index (χ0n) is 6.15. The van der Waals surface area contributed by atoms with Crippen molar-refractivity contribution < 1.29 is 9.90 Å². The van der Waals surface area contributed by atoms with Gasteiger partial charge in [0.05, 0.1) is 4.88 Å². The SMILES string of the molecule is CCC(O)C(=O)c1ccns1. The van der Waals surface area contributed by atoms with Gasteiger partial charge in [0.1, 0.15) is 6.10 Å². The maximum atomic E-state index is 11.2. The summed E-state index contributed by atoms with van der Waals surface area (Å²) in [5.41, 5.74) is 0. The zero-order valence-corrected chi connectivity index (χ0v) is 6.97. The molecule has 0 saturated heterocycles. The minimum absolute atomic E-state index is 0.227. The predicted octanol–water partition coefficient (Wildman–Crippen LogP) is 1.10. The third-order valence-electron chi connectivity index (χ3n) is 1.37. The van der Waals surface area contributed by atoms with Gasteiger partial charge in [-0.2, -0.15) is 0 Å². The van der Waals surface area contributed by atoms with Gasteiger partial charge in [-0.05, 0) is 24.0 Å². The van der Waals surface area contributed by atoms with Gasteiger partial charge in [0.25, 0.3) is 0 Å². The summed E-state index contributed by atoms with van der Waals surface area (Å²) >= 11 is 1.12. The van der Waals surface area contributed by atoms with Crippen molar-refractivity contribution in [1.82, 2.24) is 4.37 Å². The van der Waals surface area contributed by atoms with Crippen LogP contribution in [0.15, 0.2) is 12.3 Å². The lowest BCUT2D eigenvalue weighted by atomic mass is 10.1. The van der Waals surface area contributed by atoms with E-state index in [2.05, 4.69) is 4.37 Å². The van der Waals surface area contributed by atoms with Crippen LogP contribution in [0.25, 0.3) is 0 Å². The molecule has 1 rings (SSSR count). The Morgan fingerprint density at radius 1 is 1.91 bits per heavy atom. The molecule has 0 aliphatic carbocycles. The summed E-state index contributed by atoms with van der Waals surface area (Å²) in [4.78, 5) is 11.7. The first-order chi connectivity index (χ1) is 5.25. The fourth-order valence-electron chi connectivity index (χ4n) is 0.692. The molecular weight excluding hydrogens is 162 g/mol. The Morgan fingerprint density at radius 3 is 3.09 bits per heavy atom. The van der Waals surface area contributed by atoms with Crippen molar-refractivity contribution in [3.8, 4) is 0 Å². The highest BCUT2D eigenvalue weighted by Crippen LogP contribution is 2.09. The second-order valence-corrected chi connectivity index (χ2v) is 3.00. The molecule has 0 aliphatic rings. The molecule has 0 saturated carbocycles. The van der Waals surface area contributed by atoms with Crippen LogP contribution in [0, 0.1) is 0 Å². The topological polar surface area (TPSA) is 50.2 Å². The molecule has 1 aromatic rings. The second-order valence-electron chi connectivity index (χ2n) is 2.16. The van der Waals surface area contributed by atoms with Gasteiger partial charge in [-0.25, -0.2) is 4.37 Å². The van der Waals surface area contributed by atoms with E-state index < -0.39 is 6.10 Å². The predicted molar refractivity (Wildman–Crippen MR) is 42.7 cm³/mol. The number of hydrogen-bond acceptors (Lipinski definition) is 4. The first kappa shape index (κ1) is 8.36. The molecule has 11 heavy (non-hydrogen) atoms. The summed E-state index contributed by atoms with van der Waals surface area (Å²) in [5, 5.41) is 9.13. The average molecular weight is 171 g/mol. The van der Waals surface area contributed by atoms with E-state index in [0.29, 0.717) is 11.3 Å². The van der Waals surface area contributed by atoms with Crippen LogP contribution in [0.5, 0.6) is 0 Å². The highest BCUT2D eigenvalue weighted by Gasteiger charge is 2.15. The first-order valence-corrected chi connectivity index (χ1v) is 4.16. The molecule has 0 bridgehead atoms. The van der Waals surface area contributed by atoms with E-state index in [0.717, 1.165) is 11.5 Å². The van der Waals surface area contributed by atoms with E-state index in [1.807, 2.05) is 0 Å². The molecule has 0 fully saturated rings. The van der Waals surface area contributed by atoms with Crippen LogP contribution in [0.3, 0.4) is 0 Å². The fourth-order valence-corrected chi connectivity index (χ4v) is 1.28. The molecule has 0 spiro atoms. The zero-order chi connectivity index (χ0) is 8.27. The number of aliphatic hydroxyl groups excluding tert-OH is 1. The summed E-state index contributed by atoms with van der Waals surface area (Å²) in [6, 6.07) is 1.62. The van der Waals surface area contributed by atoms with Gasteiger partial charge in [-0.15, -0.1) is 0 Å². The normalized spacial score (nSPS) is 12.9. The minimum atomic E-state index is -0.865. The summed E-state index contributed by atoms with van der Waals surface area (Å²) in [7, 11) is 0. The Kier molecular flexibility index (Phi) is 2.73. The molecule has 1 unspecified atom stereocenters. The van der Waals surface area contributed by atoms with E-state index in [1.54, 1.807) is 19.2 Å². The average Bonchev–Trinajstić information content (AvgIpc) is 2.53. The van der Waals surface area contributed by atoms with Crippen LogP contribution in [-0.2, 0) is 0 Å². The van der Waals surface area contributed by atoms with Crippen LogP contribution in [0.2, 0.25) is 0 Å². The van der Waals surface area contributed by atoms with Gasteiger partial charge in [0.15, 0.2) is 0 Å². The van der Waals surface area contributed by atoms with Crippen molar-refractivity contribution in [2.75, 3.05) is 0 Å². The molecule has 3 nitrogen and oxygen atoms in total. The van der Waals surface area contributed by atoms with Gasteiger partial charge in [-0.3, -0.25) is 4.79 Å². The Bertz CT molecular complexity index is 233. The monoisotopic (exact) mass is 171 g/mol. The fraction of sp³-hybridized carbons (Fsp3) is 0.429. The second kappa shape index (κ2) is 3.59. The number of aliphatic hydroxyl groups is 1. The Morgan fingerprint density at radius 2 is 2.64 bits per heavy atom. The standard InChI is InChI=1S/C7H9NO2S/c1-2-5(9)7(10)6-3-4-8-11-6/h3-5,9H,2H2,1H3. The van der Waals surface area contributed by atoms with Gasteiger partial charge in [0, 0.05) is 6.20 Å². The Hall–Kier alpha value is -0.740. The molecule has 0 amide bonds. The molecule has 4 heteroatoms. The number of nitrogens with zero attached hydrogens (tertiary/aromatic N) is 1. The first-order valence-electron chi connectivity index (χ1n) is 3.38. The highest BCUT2D eigenvalue weighted by atomic mass is 32.1. The molecule has 1 aromatic heterocycles. The third kappa shape index (κ3) is 1.85. The smallest absolute Gasteiger partial charge is 0.202 e. The largest absolute Gasteiger partial charge is 0.385 e. The van der Waals surface area contributed by atoms with Crippen LogP contribution >= 0.6 is 11.5 Å². The van der Waals surface area contributed by atoms with E-state index >= 15 is 0 Å². The van der Waals surface area contributed by atoms with E-state index in [-0.39, 0.29) is 5.78 Å². The number of hydrogen-bond donors (Lipinski definition) is 1. The molecule has 1 heterocycles. The number of carbonyl (C=O) groups excluding carboxylic acids is 1. The molecule has 0 aromatic carbocycles. The Labute approximate surface area is 68.8 Å². The maximum Gasteiger partial charge on any atom is 0.202 e. The highest BCUT2D eigenvalue weighted by molar-refractivity contribution is 7.08. The summed E-state index contributed by atoms with van der Waals surface area (Å²) in [6.45, 7) is 1.77. The molecule has 0 radical (unpaired) electrons. The number of carbonyl (C=O) groups is 1. The molecule has 1 N–H and O–H groups in total. The van der Waals surface area contributed by atoms with Crippen molar-refractivity contribution in [3.05, 3.63) is 17.1 Å². The summed E-state index contributed by atoms with van der Waals surface area (Å²) in [5.74, 6) is -0.227. The third-order valence-corrected chi connectivity index (χ3v) is 2.13. The van der Waals surface area contributed by atoms with Crippen LogP contribution in [-0.4, -0.2) is 21.4 Å². The summed E-state index contributed by atoms with van der Waals surface area (Å²) in [6.07, 6.45) is 1.15. The lowest BCUT2D eigenvalue weighted by Gasteiger charge is -2.01. The number of rotatable bonds is 3. The van der Waals surface area contributed by atoms with E-state index in [9.17, 15) is 4.79 Å². The molecule has 0 aliphatic heterocycles. The molecule has 1 atom stereocenters. The number of aromatic nitrogens is 1. The maximum absolute atomic E-state index is 11.2. The van der Waals surface area contributed by atoms with Crippen LogP contribution in [0.1, 0.15) is 23.0 Å². The molecule has 60 valence electrons. The van der Waals surface area contributed by atoms with Crippen LogP contribution < -0.4 is 0 Å². The molecular formula is C7H9NO2S. The van der Waals surface area contributed by atoms with Gasteiger partial charge in [-0.1, -0.05) is 6.92 Å². The number of Topliss-reactive ketones (excluding diaryl/α,β-unsaturated/α-hetero) is 1. The van der Waals surface area contributed by atoms with Crippen molar-refractivity contribution in [1.29, 1.82) is 0 Å². The number of ketones is 1. The quantitative estimate of drug-likeness (QED) is 0.693. The lowest BCUT2D eigenvalue weighted by molar-refractivity contribution is 0.0745. The van der Waals surface area contributed by atoms with Crippen LogP contribution in [0.4, 0.5) is 0 Å². The minimum Gasteiger partial charge on any atom is -0.385 e. The van der Waals surface area contributed by atoms with Gasteiger partial charge >= 0.3 is 0 Å². The van der Waals surface area contributed by atoms with Crippen molar-refractivity contribution >= 4 is 17.3 Å². The van der Waals surface area contributed by atoms with Gasteiger partial charge in [0.2, 0.25) is 5.78 Å². The summed E-state index contributed by atoms with van der Waals surface area (Å²) < 4.78 is 3.77.